The predicted molar refractivity (Wildman–Crippen MR) is 65.5 cm³/mol. The zero-order chi connectivity index (χ0) is 12.2. The van der Waals surface area contributed by atoms with E-state index in [-0.39, 0.29) is 13.2 Å². The van der Waals surface area contributed by atoms with Crippen molar-refractivity contribution in [3.8, 4) is 0 Å². The lowest BCUT2D eigenvalue weighted by Gasteiger charge is -2.27. The molecule has 0 fully saturated rings. The van der Waals surface area contributed by atoms with Crippen molar-refractivity contribution >= 4 is 17.3 Å². The zero-order valence-corrected chi connectivity index (χ0v) is 9.96. The highest BCUT2D eigenvalue weighted by Gasteiger charge is 2.21. The highest BCUT2D eigenvalue weighted by Crippen LogP contribution is 2.22. The summed E-state index contributed by atoms with van der Waals surface area (Å²) in [4.78, 5) is 0. The van der Waals surface area contributed by atoms with Crippen LogP contribution in [0.3, 0.4) is 0 Å². The Labute approximate surface area is 100 Å². The lowest BCUT2D eigenvalue weighted by atomic mass is 10.0. The number of nitrogens with two attached hydrogens (primary N) is 1. The summed E-state index contributed by atoms with van der Waals surface area (Å²) >= 11 is 6.00. The Morgan fingerprint density at radius 3 is 2.44 bits per heavy atom. The van der Waals surface area contributed by atoms with Crippen LogP contribution in [-0.4, -0.2) is 29.0 Å². The smallest absolute Gasteiger partial charge is 0.0806 e. The van der Waals surface area contributed by atoms with Crippen molar-refractivity contribution in [2.24, 2.45) is 5.73 Å². The molecule has 5 N–H and O–H groups in total. The van der Waals surface area contributed by atoms with Crippen molar-refractivity contribution in [3.63, 3.8) is 0 Å². The molecule has 90 valence electrons. The van der Waals surface area contributed by atoms with E-state index in [4.69, 9.17) is 27.5 Å². The molecule has 16 heavy (non-hydrogen) atoms. The molecule has 1 aromatic carbocycles. The van der Waals surface area contributed by atoms with Crippen LogP contribution in [0, 0.1) is 0 Å². The molecule has 5 heteroatoms. The summed E-state index contributed by atoms with van der Waals surface area (Å²) in [6.45, 7) is 1.77. The number of aliphatic hydroxyl groups is 2. The second kappa shape index (κ2) is 5.50. The topological polar surface area (TPSA) is 78.5 Å². The van der Waals surface area contributed by atoms with Crippen molar-refractivity contribution < 1.29 is 10.2 Å². The van der Waals surface area contributed by atoms with Crippen molar-refractivity contribution in [1.29, 1.82) is 0 Å². The van der Waals surface area contributed by atoms with E-state index in [1.165, 1.54) is 0 Å². The third-order valence-corrected chi connectivity index (χ3v) is 2.77. The Kier molecular flexibility index (Phi) is 4.56. The van der Waals surface area contributed by atoms with Crippen LogP contribution >= 0.6 is 11.6 Å². The maximum atomic E-state index is 9.14. The molecular weight excluding hydrogens is 228 g/mol. The minimum atomic E-state index is -0.756. The summed E-state index contributed by atoms with van der Waals surface area (Å²) in [5.41, 5.74) is 6.35. The molecule has 0 unspecified atom stereocenters. The van der Waals surface area contributed by atoms with Crippen molar-refractivity contribution in [2.45, 2.75) is 19.0 Å². The number of rotatable bonds is 5. The van der Waals surface area contributed by atoms with E-state index in [2.05, 4.69) is 5.32 Å². The van der Waals surface area contributed by atoms with Crippen LogP contribution < -0.4 is 11.1 Å². The monoisotopic (exact) mass is 244 g/mol. The Bertz CT molecular complexity index is 354. The Hall–Kier alpha value is -0.810. The van der Waals surface area contributed by atoms with Gasteiger partial charge in [-0.3, -0.25) is 0 Å². The Balaban J connectivity index is 2.86. The van der Waals surface area contributed by atoms with Crippen LogP contribution in [0.4, 0.5) is 5.69 Å². The van der Waals surface area contributed by atoms with E-state index in [1.54, 1.807) is 13.0 Å². The van der Waals surface area contributed by atoms with Gasteiger partial charge < -0.3 is 21.3 Å². The molecule has 0 aliphatic heterocycles. The van der Waals surface area contributed by atoms with Gasteiger partial charge in [0.15, 0.2) is 0 Å². The fraction of sp³-hybridized carbons (Fsp3) is 0.455. The molecule has 0 saturated carbocycles. The predicted octanol–water partition coefficient (Wildman–Crippen LogP) is 0.954. The molecule has 0 aromatic heterocycles. The summed E-state index contributed by atoms with van der Waals surface area (Å²) in [7, 11) is 0. The van der Waals surface area contributed by atoms with E-state index in [1.807, 2.05) is 12.1 Å². The minimum absolute atomic E-state index is 0.167. The highest BCUT2D eigenvalue weighted by atomic mass is 35.5. The summed E-state index contributed by atoms with van der Waals surface area (Å²) in [5.74, 6) is 0. The second-order valence-corrected chi connectivity index (χ2v) is 4.42. The summed E-state index contributed by atoms with van der Waals surface area (Å²) < 4.78 is 0. The molecule has 0 atom stereocenters. The molecule has 1 aromatic rings. The first-order valence-electron chi connectivity index (χ1n) is 5.03. The molecule has 0 saturated heterocycles. The van der Waals surface area contributed by atoms with Gasteiger partial charge in [-0.15, -0.1) is 0 Å². The van der Waals surface area contributed by atoms with Gasteiger partial charge in [0, 0.05) is 17.3 Å². The first-order valence-corrected chi connectivity index (χ1v) is 5.41. The van der Waals surface area contributed by atoms with E-state index in [9.17, 15) is 0 Å². The van der Waals surface area contributed by atoms with Gasteiger partial charge in [0.1, 0.15) is 0 Å². The zero-order valence-electron chi connectivity index (χ0n) is 9.20. The maximum Gasteiger partial charge on any atom is 0.0806 e. The van der Waals surface area contributed by atoms with E-state index < -0.39 is 5.54 Å². The lowest BCUT2D eigenvalue weighted by Crippen LogP contribution is -2.42. The third kappa shape index (κ3) is 3.09. The molecule has 4 nitrogen and oxygen atoms in total. The van der Waals surface area contributed by atoms with Crippen molar-refractivity contribution in [2.75, 3.05) is 18.5 Å². The van der Waals surface area contributed by atoms with E-state index >= 15 is 0 Å². The molecule has 0 amide bonds. The number of hydrogen-bond acceptors (Lipinski definition) is 4. The van der Waals surface area contributed by atoms with Gasteiger partial charge in [0.25, 0.3) is 0 Å². The molecule has 0 aliphatic rings. The summed E-state index contributed by atoms with van der Waals surface area (Å²) in [6.07, 6.45) is 0. The van der Waals surface area contributed by atoms with Crippen LogP contribution in [0.25, 0.3) is 0 Å². The summed E-state index contributed by atoms with van der Waals surface area (Å²) in [6, 6.07) is 5.37. The molecule has 1 rings (SSSR count). The van der Waals surface area contributed by atoms with Gasteiger partial charge >= 0.3 is 0 Å². The van der Waals surface area contributed by atoms with Gasteiger partial charge in [-0.05, 0) is 24.6 Å². The van der Waals surface area contributed by atoms with Gasteiger partial charge in [-0.1, -0.05) is 17.7 Å². The van der Waals surface area contributed by atoms with Gasteiger partial charge in [-0.25, -0.2) is 0 Å². The number of hydrogen-bond donors (Lipinski definition) is 4. The summed E-state index contributed by atoms with van der Waals surface area (Å²) in [5, 5.41) is 21.9. The average Bonchev–Trinajstić information content (AvgIpc) is 2.29. The lowest BCUT2D eigenvalue weighted by molar-refractivity contribution is 0.147. The van der Waals surface area contributed by atoms with Crippen LogP contribution in [-0.2, 0) is 6.54 Å². The first kappa shape index (κ1) is 13.3. The van der Waals surface area contributed by atoms with Crippen LogP contribution in [0.5, 0.6) is 0 Å². The van der Waals surface area contributed by atoms with Crippen molar-refractivity contribution in [1.82, 2.24) is 0 Å². The second-order valence-electron chi connectivity index (χ2n) is 4.01. The highest BCUT2D eigenvalue weighted by molar-refractivity contribution is 6.31. The van der Waals surface area contributed by atoms with Gasteiger partial charge in [-0.2, -0.15) is 0 Å². The average molecular weight is 245 g/mol. The SMILES string of the molecule is CC(CO)(CO)Nc1ccc(CN)c(Cl)c1. The molecule has 0 spiro atoms. The molecule has 0 heterocycles. The third-order valence-electron chi connectivity index (χ3n) is 2.42. The van der Waals surface area contributed by atoms with Crippen LogP contribution in [0.15, 0.2) is 18.2 Å². The normalized spacial score (nSPS) is 11.6. The fourth-order valence-corrected chi connectivity index (χ4v) is 1.53. The Morgan fingerprint density at radius 2 is 2.00 bits per heavy atom. The van der Waals surface area contributed by atoms with Crippen LogP contribution in [0.1, 0.15) is 12.5 Å². The molecule has 0 radical (unpaired) electrons. The van der Waals surface area contributed by atoms with Crippen molar-refractivity contribution in [3.05, 3.63) is 28.8 Å². The van der Waals surface area contributed by atoms with Gasteiger partial charge in [0.05, 0.1) is 18.8 Å². The van der Waals surface area contributed by atoms with Gasteiger partial charge in [0.2, 0.25) is 0 Å². The minimum Gasteiger partial charge on any atom is -0.394 e. The van der Waals surface area contributed by atoms with E-state index in [0.29, 0.717) is 11.6 Å². The number of nitrogens with one attached hydrogen (secondary N) is 1. The number of aliphatic hydroxyl groups excluding tert-OH is 2. The molecule has 0 aliphatic carbocycles. The van der Waals surface area contributed by atoms with Crippen LogP contribution in [0.2, 0.25) is 5.02 Å². The first-order chi connectivity index (χ1) is 7.54. The number of anilines is 1. The fourth-order valence-electron chi connectivity index (χ4n) is 1.27. The molecule has 0 bridgehead atoms. The Morgan fingerprint density at radius 1 is 1.38 bits per heavy atom. The van der Waals surface area contributed by atoms with E-state index in [0.717, 1.165) is 11.3 Å². The number of benzene rings is 1. The standard InChI is InChI=1S/C11H17ClN2O2/c1-11(6-15,7-16)14-9-3-2-8(5-13)10(12)4-9/h2-4,14-16H,5-7,13H2,1H3. The largest absolute Gasteiger partial charge is 0.394 e. The maximum absolute atomic E-state index is 9.14. The number of halogens is 1. The molecular formula is C11H17ClN2O2. The quantitative estimate of drug-likeness (QED) is 0.622.